The maximum absolute atomic E-state index is 13.1. The molecule has 186 valence electrons. The summed E-state index contributed by atoms with van der Waals surface area (Å²) in [6.45, 7) is 13.1. The van der Waals surface area contributed by atoms with Crippen LogP contribution in [0.4, 0.5) is 0 Å². The fourth-order valence-electron chi connectivity index (χ4n) is 6.92. The first-order chi connectivity index (χ1) is 16.5. The van der Waals surface area contributed by atoms with Crippen LogP contribution in [-0.2, 0) is 27.0 Å². The van der Waals surface area contributed by atoms with E-state index in [4.69, 9.17) is 18.8 Å². The number of aromatic nitrogens is 3. The van der Waals surface area contributed by atoms with E-state index in [9.17, 15) is 4.79 Å². The monoisotopic (exact) mass is 479 g/mol. The van der Waals surface area contributed by atoms with Gasteiger partial charge in [-0.1, -0.05) is 38.1 Å². The van der Waals surface area contributed by atoms with E-state index >= 15 is 0 Å². The summed E-state index contributed by atoms with van der Waals surface area (Å²) < 4.78 is 26.7. The maximum Gasteiger partial charge on any atom is 0.461 e. The van der Waals surface area contributed by atoms with Gasteiger partial charge in [-0.05, 0) is 60.4 Å². The van der Waals surface area contributed by atoms with Gasteiger partial charge in [0, 0.05) is 20.0 Å². The van der Waals surface area contributed by atoms with Crippen molar-refractivity contribution in [3.05, 3.63) is 41.2 Å². The van der Waals surface area contributed by atoms with Crippen molar-refractivity contribution in [3.8, 4) is 5.75 Å². The van der Waals surface area contributed by atoms with Crippen LogP contribution in [0.15, 0.2) is 24.5 Å². The Kier molecular flexibility index (Phi) is 4.98. The zero-order valence-electron chi connectivity index (χ0n) is 21.4. The van der Waals surface area contributed by atoms with Crippen LogP contribution in [0.3, 0.4) is 0 Å². The molecule has 1 aromatic carbocycles. The number of carbonyl (C=O) groups is 1. The van der Waals surface area contributed by atoms with E-state index < -0.39 is 5.79 Å². The molecule has 3 saturated carbocycles. The van der Waals surface area contributed by atoms with Crippen molar-refractivity contribution < 1.29 is 23.6 Å². The van der Waals surface area contributed by atoms with E-state index in [0.29, 0.717) is 35.6 Å². The van der Waals surface area contributed by atoms with Gasteiger partial charge < -0.3 is 18.8 Å². The smallest absolute Gasteiger partial charge is 0.452 e. The number of ether oxygens (including phenoxy) is 2. The summed E-state index contributed by atoms with van der Waals surface area (Å²) in [7, 11) is -0.283. The molecule has 0 N–H and O–H groups in total. The highest BCUT2D eigenvalue weighted by molar-refractivity contribution is 6.47. The number of esters is 1. The summed E-state index contributed by atoms with van der Waals surface area (Å²) in [6, 6.07) is 4.00. The molecular weight excluding hydrogens is 445 g/mol. The zero-order valence-corrected chi connectivity index (χ0v) is 21.4. The summed E-state index contributed by atoms with van der Waals surface area (Å²) in [5.41, 5.74) is 2.28. The highest BCUT2D eigenvalue weighted by atomic mass is 16.7. The molecule has 3 heterocycles. The first-order valence-corrected chi connectivity index (χ1v) is 12.7. The molecule has 5 aliphatic rings. The topological polar surface area (TPSA) is 84.7 Å². The quantitative estimate of drug-likeness (QED) is 0.468. The second kappa shape index (κ2) is 7.56. The minimum atomic E-state index is -1.04. The Labute approximate surface area is 206 Å². The summed E-state index contributed by atoms with van der Waals surface area (Å²) in [4.78, 5) is 13.1. The van der Waals surface area contributed by atoms with Crippen molar-refractivity contribution in [1.82, 2.24) is 15.0 Å². The van der Waals surface area contributed by atoms with Gasteiger partial charge in [0.25, 0.3) is 0 Å². The average Bonchev–Trinajstić information content (AvgIpc) is 3.40. The van der Waals surface area contributed by atoms with Gasteiger partial charge in [-0.25, -0.2) is 9.48 Å². The average molecular weight is 479 g/mol. The Morgan fingerprint density at radius 1 is 1.14 bits per heavy atom. The van der Waals surface area contributed by atoms with Gasteiger partial charge in [0.05, 0.1) is 24.4 Å². The number of nitrogens with zero attached hydrogens (tertiary/aromatic N) is 3. The van der Waals surface area contributed by atoms with Crippen molar-refractivity contribution in [3.63, 3.8) is 0 Å². The van der Waals surface area contributed by atoms with Crippen LogP contribution in [0.25, 0.3) is 0 Å². The molecule has 7 rings (SSSR count). The number of benzene rings is 1. The van der Waals surface area contributed by atoms with Gasteiger partial charge in [0.1, 0.15) is 11.3 Å². The van der Waals surface area contributed by atoms with Crippen LogP contribution >= 0.6 is 0 Å². The fraction of sp³-hybridized carbons (Fsp3) is 0.654. The molecular formula is C26H34BN3O5. The number of hydrogen-bond donors (Lipinski definition) is 0. The standard InChI is InChI=1S/C26H34BN3O5/c1-15(27-34-20-13-18-12-19(24(18,2)3)26(20,6)35-27)11-16-7-8-17(14-30-10-9-28-29-30)21-22(16)32-25(4,5)33-23(21)31/h7-10,15,18-20H,11-14H2,1-6H3/t15-,18+,19+,20?,26-/m0/s1. The first kappa shape index (κ1) is 23.0. The van der Waals surface area contributed by atoms with Crippen LogP contribution in [0, 0.1) is 17.3 Å². The lowest BCUT2D eigenvalue weighted by Gasteiger charge is -2.64. The van der Waals surface area contributed by atoms with E-state index in [0.717, 1.165) is 23.5 Å². The van der Waals surface area contributed by atoms with Gasteiger partial charge >= 0.3 is 13.1 Å². The van der Waals surface area contributed by atoms with Gasteiger partial charge in [0.15, 0.2) is 0 Å². The van der Waals surface area contributed by atoms with Crippen LogP contribution in [0.5, 0.6) is 5.75 Å². The second-order valence-corrected chi connectivity index (χ2v) is 12.1. The van der Waals surface area contributed by atoms with Gasteiger partial charge in [-0.3, -0.25) is 0 Å². The normalized spacial score (nSPS) is 32.7. The third kappa shape index (κ3) is 3.53. The molecule has 3 aliphatic carbocycles. The van der Waals surface area contributed by atoms with Gasteiger partial charge in [-0.2, -0.15) is 0 Å². The van der Waals surface area contributed by atoms with Crippen LogP contribution in [0.2, 0.25) is 5.82 Å². The minimum absolute atomic E-state index is 0.0904. The van der Waals surface area contributed by atoms with Crippen molar-refractivity contribution in [1.29, 1.82) is 0 Å². The molecule has 1 unspecified atom stereocenters. The van der Waals surface area contributed by atoms with E-state index in [1.165, 1.54) is 6.42 Å². The Balaban J connectivity index is 1.27. The summed E-state index contributed by atoms with van der Waals surface area (Å²) in [5.74, 6) is 0.500. The Bertz CT molecular complexity index is 1170. The molecule has 2 bridgehead atoms. The molecule has 4 fully saturated rings. The number of fused-ring (bicyclic) bond motifs is 1. The molecule has 0 amide bonds. The molecule has 8 nitrogen and oxygen atoms in total. The van der Waals surface area contributed by atoms with E-state index in [1.54, 1.807) is 30.9 Å². The van der Waals surface area contributed by atoms with Crippen molar-refractivity contribution in [2.45, 2.75) is 90.7 Å². The molecule has 2 aromatic rings. The minimum Gasteiger partial charge on any atom is -0.452 e. The Morgan fingerprint density at radius 2 is 1.91 bits per heavy atom. The van der Waals surface area contributed by atoms with Crippen LogP contribution in [-0.4, -0.2) is 45.6 Å². The Hall–Kier alpha value is -2.39. The SMILES string of the molecule is C[C@@H](Cc1ccc(Cn2ccnn2)c2c1OC(C)(C)OC2=O)B1OC2C[C@H]3C[C@H](C3(C)C)[C@]2(C)O1. The highest BCUT2D eigenvalue weighted by Crippen LogP contribution is 2.66. The molecule has 35 heavy (non-hydrogen) atoms. The molecule has 1 saturated heterocycles. The largest absolute Gasteiger partial charge is 0.461 e. The van der Waals surface area contributed by atoms with Crippen molar-refractivity contribution >= 4 is 13.1 Å². The second-order valence-electron chi connectivity index (χ2n) is 12.1. The maximum atomic E-state index is 13.1. The number of hydrogen-bond acceptors (Lipinski definition) is 7. The van der Waals surface area contributed by atoms with E-state index in [2.05, 4.69) is 38.0 Å². The number of cyclic esters (lactones) is 1. The lowest BCUT2D eigenvalue weighted by Crippen LogP contribution is -2.65. The van der Waals surface area contributed by atoms with E-state index in [-0.39, 0.29) is 30.6 Å². The third-order valence-electron chi connectivity index (χ3n) is 9.00. The molecule has 0 spiro atoms. The highest BCUT2D eigenvalue weighted by Gasteiger charge is 2.68. The van der Waals surface area contributed by atoms with Crippen molar-refractivity contribution in [2.24, 2.45) is 17.3 Å². The molecule has 9 heteroatoms. The predicted molar refractivity (Wildman–Crippen MR) is 129 cm³/mol. The molecule has 5 atom stereocenters. The number of rotatable bonds is 5. The predicted octanol–water partition coefficient (Wildman–Crippen LogP) is 4.27. The molecule has 0 radical (unpaired) electrons. The van der Waals surface area contributed by atoms with Crippen LogP contribution in [0.1, 0.15) is 75.9 Å². The molecule has 1 aromatic heterocycles. The summed E-state index contributed by atoms with van der Waals surface area (Å²) in [6.07, 6.45) is 6.50. The molecule has 2 aliphatic heterocycles. The zero-order chi connectivity index (χ0) is 24.8. The van der Waals surface area contributed by atoms with Gasteiger partial charge in [0.2, 0.25) is 5.79 Å². The fourth-order valence-corrected chi connectivity index (χ4v) is 6.92. The first-order valence-electron chi connectivity index (χ1n) is 12.7. The summed E-state index contributed by atoms with van der Waals surface area (Å²) in [5, 5.41) is 7.90. The van der Waals surface area contributed by atoms with Crippen molar-refractivity contribution in [2.75, 3.05) is 0 Å². The van der Waals surface area contributed by atoms with Crippen LogP contribution < -0.4 is 4.74 Å². The van der Waals surface area contributed by atoms with Gasteiger partial charge in [-0.15, -0.1) is 5.10 Å². The summed E-state index contributed by atoms with van der Waals surface area (Å²) >= 11 is 0. The number of carbonyl (C=O) groups excluding carboxylic acids is 1. The lowest BCUT2D eigenvalue weighted by molar-refractivity contribution is -0.199. The third-order valence-corrected chi connectivity index (χ3v) is 9.00. The lowest BCUT2D eigenvalue weighted by atomic mass is 9.43. The Morgan fingerprint density at radius 3 is 2.63 bits per heavy atom. The van der Waals surface area contributed by atoms with E-state index in [1.807, 2.05) is 12.1 Å².